The molecule has 0 aromatic heterocycles. The van der Waals surface area contributed by atoms with Gasteiger partial charge in [-0.25, -0.2) is 4.39 Å². The molecule has 0 saturated heterocycles. The maximum Gasteiger partial charge on any atom is 0.188 e. The first-order valence-corrected chi connectivity index (χ1v) is 6.57. The molecule has 1 aromatic rings. The molecule has 0 amide bonds. The monoisotopic (exact) mass is 250 g/mol. The Bertz CT molecular complexity index is 399. The van der Waals surface area contributed by atoms with E-state index in [-0.39, 0.29) is 24.3 Å². The van der Waals surface area contributed by atoms with Gasteiger partial charge in [-0.3, -0.25) is 4.79 Å². The molecule has 1 aromatic carbocycles. The second-order valence-corrected chi connectivity index (χ2v) is 5.04. The Labute approximate surface area is 107 Å². The van der Waals surface area contributed by atoms with Crippen LogP contribution in [-0.4, -0.2) is 18.5 Å². The summed E-state index contributed by atoms with van der Waals surface area (Å²) in [7, 11) is 0. The van der Waals surface area contributed by atoms with Crippen LogP contribution >= 0.6 is 0 Å². The summed E-state index contributed by atoms with van der Waals surface area (Å²) in [4.78, 5) is 11.9. The lowest BCUT2D eigenvalue weighted by Gasteiger charge is -2.28. The van der Waals surface area contributed by atoms with Gasteiger partial charge in [-0.1, -0.05) is 19.8 Å². The molecule has 3 heteroatoms. The zero-order chi connectivity index (χ0) is 13.0. The van der Waals surface area contributed by atoms with Crippen molar-refractivity contribution in [1.29, 1.82) is 0 Å². The lowest BCUT2D eigenvalue weighted by atomic mass is 9.88. The fourth-order valence-electron chi connectivity index (χ4n) is 2.43. The maximum atomic E-state index is 12.7. The molecule has 0 heterocycles. The van der Waals surface area contributed by atoms with E-state index in [4.69, 9.17) is 4.74 Å². The Morgan fingerprint density at radius 3 is 2.61 bits per heavy atom. The van der Waals surface area contributed by atoms with Crippen LogP contribution in [0.15, 0.2) is 24.3 Å². The minimum absolute atomic E-state index is 0.0761. The molecule has 98 valence electrons. The minimum atomic E-state index is -0.326. The van der Waals surface area contributed by atoms with Gasteiger partial charge in [-0.2, -0.15) is 0 Å². The molecule has 0 N–H and O–H groups in total. The number of ether oxygens (including phenoxy) is 1. The van der Waals surface area contributed by atoms with Crippen LogP contribution in [0.25, 0.3) is 0 Å². The molecule has 0 spiro atoms. The molecule has 2 atom stereocenters. The highest BCUT2D eigenvalue weighted by Crippen LogP contribution is 2.26. The van der Waals surface area contributed by atoms with E-state index in [1.165, 1.54) is 43.5 Å². The first-order valence-electron chi connectivity index (χ1n) is 6.57. The first-order chi connectivity index (χ1) is 8.66. The van der Waals surface area contributed by atoms with Gasteiger partial charge in [-0.15, -0.1) is 0 Å². The van der Waals surface area contributed by atoms with E-state index in [0.29, 0.717) is 11.5 Å². The smallest absolute Gasteiger partial charge is 0.188 e. The van der Waals surface area contributed by atoms with Crippen LogP contribution in [0.3, 0.4) is 0 Å². The summed E-state index contributed by atoms with van der Waals surface area (Å²) in [5.74, 6) is 0.126. The summed E-state index contributed by atoms with van der Waals surface area (Å²) in [5.41, 5.74) is 0.514. The molecule has 0 bridgehead atoms. The van der Waals surface area contributed by atoms with Crippen molar-refractivity contribution in [3.05, 3.63) is 35.6 Å². The van der Waals surface area contributed by atoms with Crippen LogP contribution in [0, 0.1) is 11.7 Å². The highest BCUT2D eigenvalue weighted by molar-refractivity contribution is 5.97. The van der Waals surface area contributed by atoms with Crippen molar-refractivity contribution in [2.45, 2.75) is 38.7 Å². The van der Waals surface area contributed by atoms with Gasteiger partial charge >= 0.3 is 0 Å². The van der Waals surface area contributed by atoms with Gasteiger partial charge in [0, 0.05) is 5.56 Å². The molecule has 2 unspecified atom stereocenters. The average Bonchev–Trinajstić information content (AvgIpc) is 2.38. The molecule has 2 nitrogen and oxygen atoms in total. The van der Waals surface area contributed by atoms with Gasteiger partial charge in [0.05, 0.1) is 6.10 Å². The Morgan fingerprint density at radius 1 is 1.28 bits per heavy atom. The number of carbonyl (C=O) groups excluding carboxylic acids is 1. The van der Waals surface area contributed by atoms with E-state index in [0.717, 1.165) is 6.42 Å². The lowest BCUT2D eigenvalue weighted by molar-refractivity contribution is 0.000748. The number of ketones is 1. The van der Waals surface area contributed by atoms with E-state index in [1.54, 1.807) is 0 Å². The van der Waals surface area contributed by atoms with Crippen LogP contribution in [0.2, 0.25) is 0 Å². The predicted octanol–water partition coefficient (Wildman–Crippen LogP) is 3.60. The third-order valence-electron chi connectivity index (χ3n) is 3.63. The third-order valence-corrected chi connectivity index (χ3v) is 3.63. The predicted molar refractivity (Wildman–Crippen MR) is 68.1 cm³/mol. The fourth-order valence-corrected chi connectivity index (χ4v) is 2.43. The van der Waals surface area contributed by atoms with Crippen LogP contribution < -0.4 is 0 Å². The molecule has 1 fully saturated rings. The van der Waals surface area contributed by atoms with Crippen molar-refractivity contribution >= 4 is 5.78 Å². The number of hydrogen-bond donors (Lipinski definition) is 0. The van der Waals surface area contributed by atoms with Crippen LogP contribution in [0.1, 0.15) is 43.0 Å². The van der Waals surface area contributed by atoms with E-state index in [1.807, 2.05) is 0 Å². The van der Waals surface area contributed by atoms with Crippen molar-refractivity contribution in [3.8, 4) is 0 Å². The topological polar surface area (TPSA) is 26.3 Å². The largest absolute Gasteiger partial charge is 0.370 e. The molecule has 0 aliphatic heterocycles. The fraction of sp³-hybridized carbons (Fsp3) is 0.533. The van der Waals surface area contributed by atoms with E-state index in [9.17, 15) is 9.18 Å². The van der Waals surface area contributed by atoms with Crippen molar-refractivity contribution in [2.24, 2.45) is 5.92 Å². The third kappa shape index (κ3) is 3.39. The zero-order valence-electron chi connectivity index (χ0n) is 10.7. The standard InChI is InChI=1S/C15H19FO2/c1-11-4-2-3-5-15(11)18-10-14(17)12-6-8-13(16)9-7-12/h6-9,11,15H,2-5,10H2,1H3. The Hall–Kier alpha value is -1.22. The van der Waals surface area contributed by atoms with E-state index < -0.39 is 0 Å². The van der Waals surface area contributed by atoms with Crippen molar-refractivity contribution in [2.75, 3.05) is 6.61 Å². The van der Waals surface area contributed by atoms with Gasteiger partial charge in [0.15, 0.2) is 5.78 Å². The first kappa shape index (κ1) is 13.2. The van der Waals surface area contributed by atoms with Crippen LogP contribution in [0.5, 0.6) is 0 Å². The van der Waals surface area contributed by atoms with Crippen LogP contribution in [0.4, 0.5) is 4.39 Å². The van der Waals surface area contributed by atoms with Gasteiger partial charge in [0.1, 0.15) is 12.4 Å². The van der Waals surface area contributed by atoms with Gasteiger partial charge in [0.2, 0.25) is 0 Å². The summed E-state index contributed by atoms with van der Waals surface area (Å²) in [6.07, 6.45) is 4.85. The Morgan fingerprint density at radius 2 is 1.94 bits per heavy atom. The maximum absolute atomic E-state index is 12.7. The molecule has 18 heavy (non-hydrogen) atoms. The van der Waals surface area contributed by atoms with Crippen molar-refractivity contribution in [1.82, 2.24) is 0 Å². The molecule has 0 radical (unpaired) electrons. The van der Waals surface area contributed by atoms with E-state index >= 15 is 0 Å². The number of hydrogen-bond acceptors (Lipinski definition) is 2. The number of Topliss-reactive ketones (excluding diaryl/α,β-unsaturated/α-hetero) is 1. The summed E-state index contributed by atoms with van der Waals surface area (Å²) in [6, 6.07) is 5.61. The molecule has 2 rings (SSSR count). The number of halogens is 1. The molecule has 1 aliphatic rings. The van der Waals surface area contributed by atoms with Gasteiger partial charge < -0.3 is 4.74 Å². The summed E-state index contributed by atoms with van der Waals surface area (Å²) in [6.45, 7) is 2.27. The molecular formula is C15H19FO2. The summed E-state index contributed by atoms with van der Waals surface area (Å²) >= 11 is 0. The SMILES string of the molecule is CC1CCCCC1OCC(=O)c1ccc(F)cc1. The second-order valence-electron chi connectivity index (χ2n) is 5.04. The minimum Gasteiger partial charge on any atom is -0.370 e. The molecule has 1 aliphatic carbocycles. The second kappa shape index (κ2) is 6.10. The Kier molecular flexibility index (Phi) is 4.48. The number of rotatable bonds is 4. The highest BCUT2D eigenvalue weighted by Gasteiger charge is 2.22. The number of benzene rings is 1. The number of carbonyl (C=O) groups is 1. The van der Waals surface area contributed by atoms with Gasteiger partial charge in [-0.05, 0) is 43.0 Å². The Balaban J connectivity index is 1.86. The molecule has 1 saturated carbocycles. The summed E-state index contributed by atoms with van der Waals surface area (Å²) in [5, 5.41) is 0. The zero-order valence-corrected chi connectivity index (χ0v) is 10.7. The summed E-state index contributed by atoms with van der Waals surface area (Å²) < 4.78 is 18.4. The highest BCUT2D eigenvalue weighted by atomic mass is 19.1. The quantitative estimate of drug-likeness (QED) is 0.763. The normalized spacial score (nSPS) is 23.9. The van der Waals surface area contributed by atoms with Crippen molar-refractivity contribution in [3.63, 3.8) is 0 Å². The lowest BCUT2D eigenvalue weighted by Crippen LogP contribution is -2.27. The molecular weight excluding hydrogens is 231 g/mol. The van der Waals surface area contributed by atoms with Gasteiger partial charge in [0.25, 0.3) is 0 Å². The van der Waals surface area contributed by atoms with E-state index in [2.05, 4.69) is 6.92 Å². The average molecular weight is 250 g/mol. The van der Waals surface area contributed by atoms with Crippen LogP contribution in [-0.2, 0) is 4.74 Å². The van der Waals surface area contributed by atoms with Crippen molar-refractivity contribution < 1.29 is 13.9 Å².